The van der Waals surface area contributed by atoms with Crippen LogP contribution >= 0.6 is 0 Å². The number of ketones is 1. The van der Waals surface area contributed by atoms with Crippen molar-refractivity contribution in [2.24, 2.45) is 0 Å². The third-order valence-electron chi connectivity index (χ3n) is 14.6. The lowest BCUT2D eigenvalue weighted by molar-refractivity contribution is -0.200. The zero-order chi connectivity index (χ0) is 65.4. The highest BCUT2D eigenvalue weighted by molar-refractivity contribution is 6.08. The van der Waals surface area contributed by atoms with Crippen molar-refractivity contribution < 1.29 is 90.3 Å². The Morgan fingerprint density at radius 2 is 0.878 bits per heavy atom. The predicted molar refractivity (Wildman–Crippen MR) is 295 cm³/mol. The van der Waals surface area contributed by atoms with Gasteiger partial charge in [-0.2, -0.15) is 13.2 Å². The number of carbonyl (C=O) groups is 4. The first-order chi connectivity index (χ1) is 42.4. The van der Waals surface area contributed by atoms with Crippen LogP contribution in [0.15, 0.2) is 102 Å². The molecule has 4 aromatic heterocycles. The van der Waals surface area contributed by atoms with E-state index in [0.717, 1.165) is 31.7 Å². The number of ether oxygens (including phenoxy) is 9. The molecule has 90 heavy (non-hydrogen) atoms. The number of aromatic nitrogens is 7. The number of alkyl halides is 3. The lowest BCUT2D eigenvalue weighted by atomic mass is 10.1. The molecule has 0 spiro atoms. The zero-order valence-electron chi connectivity index (χ0n) is 48.6. The number of fused-ring (bicyclic) bond motifs is 3. The van der Waals surface area contributed by atoms with Crippen molar-refractivity contribution in [3.05, 3.63) is 164 Å². The predicted octanol–water partition coefficient (Wildman–Crippen LogP) is -2.20. The summed E-state index contributed by atoms with van der Waals surface area (Å²) in [4.78, 5) is 132. The first-order valence-corrected chi connectivity index (χ1v) is 27.8. The molecule has 12 unspecified atom stereocenters. The van der Waals surface area contributed by atoms with Gasteiger partial charge in [-0.15, -0.1) is 0 Å². The van der Waals surface area contributed by atoms with Crippen LogP contribution in [0.1, 0.15) is 102 Å². The Kier molecular flexibility index (Phi) is 19.4. The van der Waals surface area contributed by atoms with Gasteiger partial charge in [0, 0.05) is 56.2 Å². The van der Waals surface area contributed by atoms with Gasteiger partial charge in [0.05, 0.1) is 19.8 Å². The molecule has 6 aliphatic heterocycles. The summed E-state index contributed by atoms with van der Waals surface area (Å²) in [5, 5.41) is 35.1. The first-order valence-electron chi connectivity index (χ1n) is 27.8. The van der Waals surface area contributed by atoms with Gasteiger partial charge in [0.2, 0.25) is 0 Å². The van der Waals surface area contributed by atoms with Crippen LogP contribution in [-0.4, -0.2) is 184 Å². The molecule has 0 bridgehead atoms. The van der Waals surface area contributed by atoms with E-state index in [1.54, 1.807) is 102 Å². The molecule has 6 fully saturated rings. The van der Waals surface area contributed by atoms with E-state index >= 15 is 0 Å². The number of benzene rings is 1. The number of nitrogens with zero attached hydrogens (tertiary/aromatic N) is 4. The maximum absolute atomic E-state index is 12.7. The number of H-pyrrole nitrogens is 3. The van der Waals surface area contributed by atoms with Crippen LogP contribution in [-0.2, 0) is 54.0 Å². The summed E-state index contributed by atoms with van der Waals surface area (Å²) in [7, 11) is 0. The van der Waals surface area contributed by atoms with Crippen LogP contribution in [0.3, 0.4) is 0 Å². The number of aliphatic hydroxyl groups is 3. The fraction of sp³-hybridized carbons (Fsp3) is 0.509. The quantitative estimate of drug-likeness (QED) is 0.0397. The summed E-state index contributed by atoms with van der Waals surface area (Å²) in [6.07, 6.45) is -8.12. The summed E-state index contributed by atoms with van der Waals surface area (Å²) in [6.45, 7) is 8.24. The van der Waals surface area contributed by atoms with E-state index in [-0.39, 0.29) is 30.9 Å². The molecule has 32 nitrogen and oxygen atoms in total. The van der Waals surface area contributed by atoms with Crippen molar-refractivity contribution in [2.75, 3.05) is 32.9 Å². The number of aromatic amines is 3. The Labute approximate surface area is 504 Å². The average Bonchev–Trinajstić information content (AvgIpc) is 1.60. The van der Waals surface area contributed by atoms with E-state index in [2.05, 4.69) is 25.6 Å². The number of halogens is 3. The van der Waals surface area contributed by atoms with Crippen LogP contribution in [0, 0.1) is 0 Å². The second-order valence-electron chi connectivity index (χ2n) is 22.3. The normalized spacial score (nSPS) is 27.2. The number of pyridine rings is 1. The lowest BCUT2D eigenvalue weighted by Gasteiger charge is -2.24. The number of hydrogen-bond acceptors (Lipinski definition) is 23. The second-order valence-corrected chi connectivity index (χ2v) is 22.3. The molecule has 3 amide bonds. The molecule has 12 atom stereocenters. The van der Waals surface area contributed by atoms with Gasteiger partial charge in [0.15, 0.2) is 41.8 Å². The van der Waals surface area contributed by atoms with Crippen LogP contribution in [0.4, 0.5) is 13.2 Å². The van der Waals surface area contributed by atoms with E-state index in [0.29, 0.717) is 5.56 Å². The highest BCUT2D eigenvalue weighted by Gasteiger charge is 2.58. The van der Waals surface area contributed by atoms with E-state index in [1.165, 1.54) is 6.20 Å². The van der Waals surface area contributed by atoms with Gasteiger partial charge in [-0.3, -0.25) is 67.2 Å². The molecule has 6 saturated heterocycles. The minimum absolute atomic E-state index is 0.183. The molecule has 486 valence electrons. The van der Waals surface area contributed by atoms with E-state index in [1.807, 2.05) is 4.98 Å². The van der Waals surface area contributed by atoms with Crippen molar-refractivity contribution in [1.82, 2.24) is 49.6 Å². The Hall–Kier alpha value is -8.20. The third-order valence-corrected chi connectivity index (χ3v) is 14.6. The number of nitrogens with one attached hydrogen (secondary N) is 6. The molecule has 35 heteroatoms. The largest absolute Gasteiger partial charge is 0.471 e. The molecule has 9 N–H and O–H groups in total. The van der Waals surface area contributed by atoms with Gasteiger partial charge >= 0.3 is 29.2 Å². The van der Waals surface area contributed by atoms with Crippen molar-refractivity contribution in [3.63, 3.8) is 0 Å². The highest BCUT2D eigenvalue weighted by atomic mass is 19.4. The molecule has 0 saturated carbocycles. The molecule has 10 heterocycles. The maximum Gasteiger partial charge on any atom is 0.471 e. The van der Waals surface area contributed by atoms with Gasteiger partial charge in [-0.25, -0.2) is 14.4 Å². The van der Waals surface area contributed by atoms with Crippen molar-refractivity contribution in [1.29, 1.82) is 0 Å². The van der Waals surface area contributed by atoms with E-state index < -0.39 is 180 Å². The first kappa shape index (κ1) is 66.2. The lowest BCUT2D eigenvalue weighted by Crippen LogP contribution is -2.43. The van der Waals surface area contributed by atoms with Crippen LogP contribution in [0.2, 0.25) is 0 Å². The summed E-state index contributed by atoms with van der Waals surface area (Å²) in [6, 6.07) is 11.7. The average molecular weight is 1270 g/mol. The van der Waals surface area contributed by atoms with Crippen LogP contribution < -0.4 is 49.7 Å². The van der Waals surface area contributed by atoms with Gasteiger partial charge < -0.3 is 73.9 Å². The van der Waals surface area contributed by atoms with Gasteiger partial charge in [0.25, 0.3) is 28.5 Å². The molecule has 6 aliphatic rings. The smallest absolute Gasteiger partial charge is 0.394 e. The Bertz CT molecular complexity index is 3850. The third kappa shape index (κ3) is 14.4. The van der Waals surface area contributed by atoms with E-state index in [4.69, 9.17) is 42.6 Å². The summed E-state index contributed by atoms with van der Waals surface area (Å²) < 4.78 is 91.4. The van der Waals surface area contributed by atoms with E-state index in [9.17, 15) is 76.4 Å². The van der Waals surface area contributed by atoms with Gasteiger partial charge in [-0.1, -0.05) is 30.3 Å². The summed E-state index contributed by atoms with van der Waals surface area (Å²) in [5.74, 6) is -7.23. The topological polar surface area (TPSA) is 426 Å². The fourth-order valence-electron chi connectivity index (χ4n) is 10.7. The maximum atomic E-state index is 12.7. The minimum Gasteiger partial charge on any atom is -0.394 e. The summed E-state index contributed by atoms with van der Waals surface area (Å²) in [5.41, 5.74) is -4.93. The molecule has 11 rings (SSSR count). The molecule has 0 aliphatic carbocycles. The van der Waals surface area contributed by atoms with Crippen LogP contribution in [0.5, 0.6) is 0 Å². The Balaban J connectivity index is 0.000000160. The Morgan fingerprint density at radius 1 is 0.522 bits per heavy atom. The second kappa shape index (κ2) is 26.3. The number of hydrogen-bond donors (Lipinski definition) is 9. The zero-order valence-corrected chi connectivity index (χ0v) is 48.6. The monoisotopic (exact) mass is 1270 g/mol. The SMILES string of the molecule is CC1(C)OC2C(CO)OC(n3cc(C(=O)NCCNC(=O)C(F)(F)F)c(=O)[nH]c3=O)C2O1.CC1(C)OC2C(CO)OC(n3cc(C(=O)NCc4ccncc4)c(=O)[nH]c3=O)C2O1.CC1(C)OC2C(CO)OC(n3cc(C(=O)c4ccccc4)c(=O)[nH]c3=O)C2O1. The summed E-state index contributed by atoms with van der Waals surface area (Å²) >= 11 is 0. The number of carbonyl (C=O) groups excluding carboxylic acids is 4. The molecule has 5 aromatic rings. The van der Waals surface area contributed by atoms with Gasteiger partial charge in [-0.05, 0) is 59.2 Å². The molecular formula is C55H63F3N10O22. The highest BCUT2D eigenvalue weighted by Crippen LogP contribution is 2.45. The van der Waals surface area contributed by atoms with Crippen molar-refractivity contribution >= 4 is 23.5 Å². The fourth-order valence-corrected chi connectivity index (χ4v) is 10.7. The molecule has 1 aromatic carbocycles. The number of aliphatic hydroxyl groups excluding tert-OH is 3. The van der Waals surface area contributed by atoms with Crippen molar-refractivity contribution in [2.45, 2.75) is 145 Å². The van der Waals surface area contributed by atoms with Gasteiger partial charge in [0.1, 0.15) is 71.6 Å². The van der Waals surface area contributed by atoms with Crippen LogP contribution in [0.25, 0.3) is 0 Å². The standard InChI is InChI=1S/C19H22N4O7.C19H20N2O7.C17H21F3N4O8/c1-19(2)29-13-12(9-24)28-17(14(13)30-19)23-8-11(16(26)22-18(23)27)15(25)21-7-10-3-5-20-6-4-10;1-19(2)27-14-12(9-22)26-17(15(14)28-19)21-8-11(16(24)20-18(21)25)13(23)10-6-4-3-5-7-10;1-16(2)31-9-8(6-25)30-13(10(9)32-16)24-5-7(12(27)23-15(24)29)11(26)21-3-4-22-14(28)17(18,19)20/h3-6,8,12-14,17,24H,7,9H2,1-2H3,(H,21,25)(H,22,26,27);3-8,12,14-15,17,22H,9H2,1-2H3,(H,20,24,25);5,8-10,13,25H,3-4,6H2,1-2H3,(H,21,26)(H,22,28)(H,23,27,29). The number of amides is 3. The molecular weight excluding hydrogens is 1210 g/mol. The minimum atomic E-state index is -5.07. The number of rotatable bonds is 15. The van der Waals surface area contributed by atoms with Crippen molar-refractivity contribution in [3.8, 4) is 0 Å². The molecule has 0 radical (unpaired) electrons. The Morgan fingerprint density at radius 3 is 1.27 bits per heavy atom.